The normalized spacial score (nSPS) is 15.6. The first kappa shape index (κ1) is 45.0. The van der Waals surface area contributed by atoms with Crippen LogP contribution in [0.2, 0.25) is 0 Å². The summed E-state index contributed by atoms with van der Waals surface area (Å²) in [4.78, 5) is 5.08. The second-order valence-electron chi connectivity index (χ2n) is 23.5. The molecule has 4 aliphatic heterocycles. The van der Waals surface area contributed by atoms with Gasteiger partial charge in [-0.05, 0) is 220 Å². The number of hydrogen-bond donors (Lipinski definition) is 0. The summed E-state index contributed by atoms with van der Waals surface area (Å²) in [5.74, 6) is 3.71. The maximum atomic E-state index is 7.48. The largest absolute Gasteiger partial charge is 0.458 e. The fraction of sp³-hybridized carbons (Fsp3) is 0.206. The van der Waals surface area contributed by atoms with Crippen LogP contribution < -0.4 is 52.1 Å². The molecule has 0 bridgehead atoms. The van der Waals surface area contributed by atoms with Crippen LogP contribution in [0.25, 0.3) is 22.3 Å². The third-order valence-electron chi connectivity index (χ3n) is 17.5. The Kier molecular flexibility index (Phi) is 9.67. The zero-order chi connectivity index (χ0) is 50.7. The molecule has 4 heterocycles. The number of aryl methyl sites for hydroxylation is 6. The van der Waals surface area contributed by atoms with E-state index in [1.165, 1.54) is 94.1 Å². The van der Waals surface area contributed by atoms with Gasteiger partial charge in [-0.15, -0.1) is 0 Å². The van der Waals surface area contributed by atoms with Crippen LogP contribution in [-0.4, -0.2) is 13.4 Å². The zero-order valence-corrected chi connectivity index (χ0v) is 44.3. The van der Waals surface area contributed by atoms with Crippen molar-refractivity contribution in [1.82, 2.24) is 0 Å². The van der Waals surface area contributed by atoms with Gasteiger partial charge in [0.15, 0.2) is 0 Å². The second kappa shape index (κ2) is 15.9. The first-order valence-electron chi connectivity index (χ1n) is 26.7. The summed E-state index contributed by atoms with van der Waals surface area (Å²) < 4.78 is 14.6. The van der Waals surface area contributed by atoms with Crippen LogP contribution in [0, 0.1) is 41.5 Å². The summed E-state index contributed by atoms with van der Waals surface area (Å²) in [6.07, 6.45) is 2.27. The van der Waals surface area contributed by atoms with Crippen molar-refractivity contribution < 1.29 is 9.47 Å². The Morgan fingerprint density at radius 3 is 1.31 bits per heavy atom. The molecule has 6 heteroatoms. The van der Waals surface area contributed by atoms with Crippen molar-refractivity contribution in [2.45, 2.75) is 92.9 Å². The molecule has 0 radical (unpaired) electrons. The first-order valence-corrected chi connectivity index (χ1v) is 26.7. The van der Waals surface area contributed by atoms with Gasteiger partial charge in [0.25, 0.3) is 13.4 Å². The quantitative estimate of drug-likeness (QED) is 0.164. The first-order chi connectivity index (χ1) is 35.6. The Labute approximate surface area is 437 Å². The van der Waals surface area contributed by atoms with Crippen molar-refractivity contribution in [3.63, 3.8) is 0 Å². The summed E-state index contributed by atoms with van der Waals surface area (Å²) >= 11 is 0. The molecule has 4 nitrogen and oxygen atoms in total. The molecule has 0 unspecified atom stereocenters. The van der Waals surface area contributed by atoms with E-state index in [2.05, 4.69) is 237 Å². The molecular weight excluding hydrogens is 898 g/mol. The molecule has 1 aliphatic carbocycles. The summed E-state index contributed by atoms with van der Waals surface area (Å²) in [5, 5.41) is 0. The number of fused-ring (bicyclic) bond motifs is 9. The van der Waals surface area contributed by atoms with Crippen LogP contribution in [0.15, 0.2) is 158 Å². The van der Waals surface area contributed by atoms with Gasteiger partial charge in [0.1, 0.15) is 23.0 Å². The molecule has 0 atom stereocenters. The average Bonchev–Trinajstić information content (AvgIpc) is 3.38. The number of benzene rings is 9. The highest BCUT2D eigenvalue weighted by Gasteiger charge is 2.49. The van der Waals surface area contributed by atoms with Crippen LogP contribution in [-0.2, 0) is 10.8 Å². The molecule has 0 spiro atoms. The van der Waals surface area contributed by atoms with Crippen molar-refractivity contribution in [2.24, 2.45) is 0 Å². The minimum Gasteiger partial charge on any atom is -0.458 e. The lowest BCUT2D eigenvalue weighted by Crippen LogP contribution is -2.64. The van der Waals surface area contributed by atoms with Gasteiger partial charge in [-0.1, -0.05) is 130 Å². The number of anilines is 6. The maximum Gasteiger partial charge on any atom is 0.256 e. The van der Waals surface area contributed by atoms with Crippen molar-refractivity contribution in [3.05, 3.63) is 202 Å². The predicted octanol–water partition coefficient (Wildman–Crippen LogP) is 14.0. The minimum absolute atomic E-state index is 0.00732. The van der Waals surface area contributed by atoms with Crippen LogP contribution >= 0.6 is 0 Å². The Morgan fingerprint density at radius 2 is 0.811 bits per heavy atom. The zero-order valence-electron chi connectivity index (χ0n) is 44.3. The fourth-order valence-electron chi connectivity index (χ4n) is 14.3. The van der Waals surface area contributed by atoms with Gasteiger partial charge in [0, 0.05) is 34.1 Å². The van der Waals surface area contributed by atoms with Gasteiger partial charge >= 0.3 is 0 Å². The summed E-state index contributed by atoms with van der Waals surface area (Å²) in [7, 11) is 0. The standard InChI is InChI=1S/C68H60B2N2O2/c1-39-27-41(3)63(42(4)28-39)45-31-57-65-61(33-45)73-59-24-18-17-23-51(59)69(65)52-37-53-56(38-55(52)71(57)47-19-13-11-14-20-47)72(48-21-15-12-16-22-48)58-32-46(64-43(5)29-40(2)30-44(64)6)34-62-66(58)70(53)54-35-49-50(36-60(54)74-62)68(9,10)26-25-67(49,7)8/h11-24,27-38H,25-26H2,1-10H3. The van der Waals surface area contributed by atoms with Crippen LogP contribution in [0.4, 0.5) is 34.1 Å². The molecule has 0 aromatic heterocycles. The van der Waals surface area contributed by atoms with Crippen molar-refractivity contribution in [3.8, 4) is 45.3 Å². The molecule has 5 aliphatic rings. The molecule has 360 valence electrons. The van der Waals surface area contributed by atoms with E-state index in [-0.39, 0.29) is 24.3 Å². The number of nitrogens with zero attached hydrogens (tertiary/aromatic N) is 2. The second-order valence-corrected chi connectivity index (χ2v) is 23.5. The average molecular weight is 959 g/mol. The van der Waals surface area contributed by atoms with Gasteiger partial charge in [0.05, 0.1) is 0 Å². The Bertz CT molecular complexity index is 3850. The highest BCUT2D eigenvalue weighted by atomic mass is 16.5. The van der Waals surface area contributed by atoms with E-state index in [4.69, 9.17) is 9.47 Å². The Hall–Kier alpha value is -7.69. The molecule has 0 saturated heterocycles. The van der Waals surface area contributed by atoms with E-state index in [0.717, 1.165) is 75.4 Å². The monoisotopic (exact) mass is 958 g/mol. The molecule has 14 rings (SSSR count). The maximum absolute atomic E-state index is 7.48. The third kappa shape index (κ3) is 6.55. The molecule has 0 N–H and O–H groups in total. The van der Waals surface area contributed by atoms with E-state index < -0.39 is 0 Å². The van der Waals surface area contributed by atoms with Gasteiger partial charge in [-0.2, -0.15) is 0 Å². The Balaban J connectivity index is 1.11. The number of hydrogen-bond acceptors (Lipinski definition) is 4. The Morgan fingerprint density at radius 1 is 0.378 bits per heavy atom. The van der Waals surface area contributed by atoms with Gasteiger partial charge in [0.2, 0.25) is 0 Å². The molecule has 9 aromatic carbocycles. The predicted molar refractivity (Wildman–Crippen MR) is 313 cm³/mol. The van der Waals surface area contributed by atoms with E-state index in [0.29, 0.717) is 0 Å². The lowest BCUT2D eigenvalue weighted by molar-refractivity contribution is 0.330. The van der Waals surface area contributed by atoms with E-state index in [9.17, 15) is 0 Å². The van der Waals surface area contributed by atoms with Crippen LogP contribution in [0.3, 0.4) is 0 Å². The van der Waals surface area contributed by atoms with Gasteiger partial charge < -0.3 is 19.3 Å². The topological polar surface area (TPSA) is 24.9 Å². The van der Waals surface area contributed by atoms with E-state index in [1.54, 1.807) is 0 Å². The highest BCUT2D eigenvalue weighted by molar-refractivity contribution is 7.02. The lowest BCUT2D eigenvalue weighted by Gasteiger charge is -2.46. The molecule has 74 heavy (non-hydrogen) atoms. The minimum atomic E-state index is -0.111. The highest BCUT2D eigenvalue weighted by Crippen LogP contribution is 2.51. The molecule has 9 aromatic rings. The third-order valence-corrected chi connectivity index (χ3v) is 17.5. The molecular formula is C68H60B2N2O2. The van der Waals surface area contributed by atoms with Crippen LogP contribution in [0.1, 0.15) is 85.0 Å². The van der Waals surface area contributed by atoms with E-state index in [1.807, 2.05) is 0 Å². The van der Waals surface area contributed by atoms with E-state index >= 15 is 0 Å². The number of ether oxygens (including phenoxy) is 2. The molecule has 0 amide bonds. The molecule has 0 saturated carbocycles. The molecule has 0 fully saturated rings. The summed E-state index contributed by atoms with van der Waals surface area (Å²) in [6.45, 7) is 22.9. The number of rotatable bonds is 4. The lowest BCUT2D eigenvalue weighted by atomic mass is 9.30. The van der Waals surface area contributed by atoms with Crippen molar-refractivity contribution in [1.29, 1.82) is 0 Å². The SMILES string of the molecule is Cc1cc(C)c(-c2cc3c4c(c2)N(c2ccccc2)c2cc5c(cc2B4c2ccccc2O3)B2c3cc4c(cc3Oc3cc(-c6c(C)cc(C)cc6C)cc(c32)N5c2ccccc2)C(C)(C)CCC4(C)C)c(C)c1. The number of para-hydroxylation sites is 3. The van der Waals surface area contributed by atoms with Crippen molar-refractivity contribution in [2.75, 3.05) is 9.80 Å². The smallest absolute Gasteiger partial charge is 0.256 e. The summed E-state index contributed by atoms with van der Waals surface area (Å²) in [5.41, 5.74) is 29.5. The summed E-state index contributed by atoms with van der Waals surface area (Å²) in [6, 6.07) is 59.7. The van der Waals surface area contributed by atoms with Crippen molar-refractivity contribution >= 4 is 80.3 Å². The van der Waals surface area contributed by atoms with Gasteiger partial charge in [-0.25, -0.2) is 0 Å². The van der Waals surface area contributed by atoms with Gasteiger partial charge in [-0.3, -0.25) is 0 Å². The van der Waals surface area contributed by atoms with Crippen LogP contribution in [0.5, 0.6) is 23.0 Å². The fourth-order valence-corrected chi connectivity index (χ4v) is 14.3.